The highest BCUT2D eigenvalue weighted by molar-refractivity contribution is 5.97. The van der Waals surface area contributed by atoms with E-state index in [1.54, 1.807) is 7.05 Å². The molecule has 1 atom stereocenters. The van der Waals surface area contributed by atoms with Gasteiger partial charge in [0.15, 0.2) is 12.0 Å². The number of carbonyl (C=O) groups excluding carboxylic acids is 2. The molecule has 0 fully saturated rings. The number of hydrogen-bond donors (Lipinski definition) is 1. The number of rotatable bonds is 11. The van der Waals surface area contributed by atoms with E-state index in [-0.39, 0.29) is 29.6 Å². The molecule has 0 bridgehead atoms. The van der Waals surface area contributed by atoms with Crippen molar-refractivity contribution in [3.8, 4) is 0 Å². The molecule has 8 heteroatoms. The molecule has 158 valence electrons. The van der Waals surface area contributed by atoms with E-state index in [0.29, 0.717) is 26.2 Å². The molecule has 2 amide bonds. The first-order valence-electron chi connectivity index (χ1n) is 9.81. The Morgan fingerprint density at radius 3 is 2.34 bits per heavy atom. The molecule has 1 unspecified atom stereocenters. The maximum Gasteiger partial charge on any atom is 0.274 e. The van der Waals surface area contributed by atoms with Gasteiger partial charge >= 0.3 is 0 Å². The highest BCUT2D eigenvalue weighted by Gasteiger charge is 2.24. The zero-order valence-corrected chi connectivity index (χ0v) is 17.5. The smallest absolute Gasteiger partial charge is 0.274 e. The number of nitrogens with zero attached hydrogens (tertiary/aromatic N) is 3. The molecule has 0 spiro atoms. The molecule has 1 aromatic heterocycles. The maximum absolute atomic E-state index is 12.8. The van der Waals surface area contributed by atoms with Crippen LogP contribution in [0.15, 0.2) is 36.4 Å². The summed E-state index contributed by atoms with van der Waals surface area (Å²) in [6, 6.07) is 10.8. The van der Waals surface area contributed by atoms with Crippen molar-refractivity contribution in [1.29, 1.82) is 0 Å². The lowest BCUT2D eigenvalue weighted by atomic mass is 10.1. The van der Waals surface area contributed by atoms with Crippen LogP contribution in [0.25, 0.3) is 0 Å². The summed E-state index contributed by atoms with van der Waals surface area (Å²) in [5.41, 5.74) is 6.86. The lowest BCUT2D eigenvalue weighted by Crippen LogP contribution is -2.31. The Hall–Kier alpha value is -2.71. The lowest BCUT2D eigenvalue weighted by molar-refractivity contribution is -0.140. The molecule has 0 radical (unpaired) electrons. The SMILES string of the molecule is CCOC(CCN(C)C(=O)c1cc(C(N)=O)n(C(C)c2ccccc2)n1)OCC. The predicted molar refractivity (Wildman–Crippen MR) is 110 cm³/mol. The predicted octanol–water partition coefficient (Wildman–Crippen LogP) is 2.45. The first kappa shape index (κ1) is 22.6. The van der Waals surface area contributed by atoms with Gasteiger partial charge < -0.3 is 20.1 Å². The Kier molecular flexibility index (Phi) is 8.35. The van der Waals surface area contributed by atoms with E-state index in [4.69, 9.17) is 15.2 Å². The summed E-state index contributed by atoms with van der Waals surface area (Å²) in [6.45, 7) is 7.19. The number of primary amides is 1. The van der Waals surface area contributed by atoms with Crippen LogP contribution < -0.4 is 5.73 Å². The van der Waals surface area contributed by atoms with Crippen LogP contribution in [0, 0.1) is 0 Å². The summed E-state index contributed by atoms with van der Waals surface area (Å²) < 4.78 is 12.5. The van der Waals surface area contributed by atoms with Crippen LogP contribution >= 0.6 is 0 Å². The topological polar surface area (TPSA) is 99.7 Å². The van der Waals surface area contributed by atoms with Crippen LogP contribution in [0.3, 0.4) is 0 Å². The van der Waals surface area contributed by atoms with Gasteiger partial charge in [-0.2, -0.15) is 5.10 Å². The Morgan fingerprint density at radius 2 is 1.79 bits per heavy atom. The van der Waals surface area contributed by atoms with Crippen LogP contribution in [-0.4, -0.2) is 59.6 Å². The third-order valence-corrected chi connectivity index (χ3v) is 4.61. The van der Waals surface area contributed by atoms with Gasteiger partial charge in [-0.1, -0.05) is 30.3 Å². The van der Waals surface area contributed by atoms with Crippen LogP contribution in [0.1, 0.15) is 59.8 Å². The van der Waals surface area contributed by atoms with Gasteiger partial charge in [-0.3, -0.25) is 14.3 Å². The molecule has 2 rings (SSSR count). The molecular formula is C21H30N4O4. The zero-order chi connectivity index (χ0) is 21.4. The van der Waals surface area contributed by atoms with Gasteiger partial charge in [-0.25, -0.2) is 0 Å². The van der Waals surface area contributed by atoms with Gasteiger partial charge in [0.05, 0.1) is 6.04 Å². The fraction of sp³-hybridized carbons (Fsp3) is 0.476. The average molecular weight is 402 g/mol. The average Bonchev–Trinajstić information content (AvgIpc) is 3.17. The molecule has 2 aromatic rings. The van der Waals surface area contributed by atoms with Crippen LogP contribution in [0.5, 0.6) is 0 Å². The zero-order valence-electron chi connectivity index (χ0n) is 17.5. The van der Waals surface area contributed by atoms with E-state index in [1.165, 1.54) is 15.6 Å². The summed E-state index contributed by atoms with van der Waals surface area (Å²) in [6.07, 6.45) is 0.172. The van der Waals surface area contributed by atoms with Gasteiger partial charge in [0.2, 0.25) is 0 Å². The van der Waals surface area contributed by atoms with Gasteiger partial charge in [0.25, 0.3) is 11.8 Å². The highest BCUT2D eigenvalue weighted by Crippen LogP contribution is 2.20. The van der Waals surface area contributed by atoms with Crippen LogP contribution in [-0.2, 0) is 9.47 Å². The fourth-order valence-corrected chi connectivity index (χ4v) is 3.03. The second-order valence-electron chi connectivity index (χ2n) is 6.67. The summed E-state index contributed by atoms with van der Waals surface area (Å²) >= 11 is 0. The molecule has 0 aliphatic heterocycles. The number of nitrogens with two attached hydrogens (primary N) is 1. The molecule has 0 saturated carbocycles. The fourth-order valence-electron chi connectivity index (χ4n) is 3.03. The standard InChI is InChI=1S/C21H30N4O4/c1-5-28-19(29-6-2)12-13-24(4)21(27)17-14-18(20(22)26)25(23-17)15(3)16-10-8-7-9-11-16/h7-11,14-15,19H,5-6,12-13H2,1-4H3,(H2,22,26). The number of benzene rings is 1. The van der Waals surface area contributed by atoms with Gasteiger partial charge in [0.1, 0.15) is 5.69 Å². The van der Waals surface area contributed by atoms with E-state index in [1.807, 2.05) is 51.1 Å². The van der Waals surface area contributed by atoms with Crippen LogP contribution in [0.2, 0.25) is 0 Å². The summed E-state index contributed by atoms with van der Waals surface area (Å²) in [4.78, 5) is 26.3. The van der Waals surface area contributed by atoms with Crippen molar-refractivity contribution in [2.75, 3.05) is 26.8 Å². The van der Waals surface area contributed by atoms with Crippen molar-refractivity contribution < 1.29 is 19.1 Å². The Bertz CT molecular complexity index is 800. The first-order valence-corrected chi connectivity index (χ1v) is 9.81. The molecule has 0 saturated heterocycles. The van der Waals surface area contributed by atoms with Crippen LogP contribution in [0.4, 0.5) is 0 Å². The van der Waals surface area contributed by atoms with Crippen molar-refractivity contribution in [2.24, 2.45) is 5.73 Å². The Morgan fingerprint density at radius 1 is 1.17 bits per heavy atom. The van der Waals surface area contributed by atoms with Gasteiger partial charge in [0, 0.05) is 39.3 Å². The lowest BCUT2D eigenvalue weighted by Gasteiger charge is -2.21. The monoisotopic (exact) mass is 402 g/mol. The third-order valence-electron chi connectivity index (χ3n) is 4.61. The summed E-state index contributed by atoms with van der Waals surface area (Å²) in [5, 5.41) is 4.39. The number of ether oxygens (including phenoxy) is 2. The molecule has 2 N–H and O–H groups in total. The van der Waals surface area contributed by atoms with E-state index >= 15 is 0 Å². The number of carbonyl (C=O) groups is 2. The molecule has 8 nitrogen and oxygen atoms in total. The molecule has 0 aliphatic rings. The minimum absolute atomic E-state index is 0.174. The molecule has 0 aliphatic carbocycles. The molecular weight excluding hydrogens is 372 g/mol. The van der Waals surface area contributed by atoms with E-state index < -0.39 is 5.91 Å². The van der Waals surface area contributed by atoms with Gasteiger partial charge in [-0.15, -0.1) is 0 Å². The van der Waals surface area contributed by atoms with E-state index in [0.717, 1.165) is 5.56 Å². The van der Waals surface area contributed by atoms with Crippen molar-refractivity contribution in [3.05, 3.63) is 53.3 Å². The second-order valence-corrected chi connectivity index (χ2v) is 6.67. The maximum atomic E-state index is 12.8. The number of aromatic nitrogens is 2. The molecule has 1 aromatic carbocycles. The highest BCUT2D eigenvalue weighted by atomic mass is 16.7. The van der Waals surface area contributed by atoms with Gasteiger partial charge in [-0.05, 0) is 26.3 Å². The first-order chi connectivity index (χ1) is 13.9. The minimum Gasteiger partial charge on any atom is -0.364 e. The Labute approximate surface area is 171 Å². The Balaban J connectivity index is 2.17. The largest absolute Gasteiger partial charge is 0.364 e. The van der Waals surface area contributed by atoms with E-state index in [2.05, 4.69) is 5.10 Å². The number of amides is 2. The van der Waals surface area contributed by atoms with Crippen molar-refractivity contribution in [3.63, 3.8) is 0 Å². The second kappa shape index (κ2) is 10.7. The van der Waals surface area contributed by atoms with Crippen molar-refractivity contribution in [2.45, 2.75) is 39.5 Å². The normalized spacial score (nSPS) is 12.2. The third kappa shape index (κ3) is 5.88. The summed E-state index contributed by atoms with van der Waals surface area (Å²) in [7, 11) is 1.68. The minimum atomic E-state index is -0.630. The van der Waals surface area contributed by atoms with Crippen molar-refractivity contribution in [1.82, 2.24) is 14.7 Å². The van der Waals surface area contributed by atoms with Crippen molar-refractivity contribution >= 4 is 11.8 Å². The summed E-state index contributed by atoms with van der Waals surface area (Å²) in [5.74, 6) is -0.923. The number of hydrogen-bond acceptors (Lipinski definition) is 5. The molecule has 29 heavy (non-hydrogen) atoms. The van der Waals surface area contributed by atoms with E-state index in [9.17, 15) is 9.59 Å². The quantitative estimate of drug-likeness (QED) is 0.582. The molecule has 1 heterocycles.